The maximum Gasteiger partial charge on any atom is 0.253 e. The van der Waals surface area contributed by atoms with Gasteiger partial charge in [0.1, 0.15) is 6.61 Å². The van der Waals surface area contributed by atoms with E-state index in [0.29, 0.717) is 24.4 Å². The van der Waals surface area contributed by atoms with Gasteiger partial charge in [-0.2, -0.15) is 0 Å². The molecule has 1 aliphatic rings. The van der Waals surface area contributed by atoms with Gasteiger partial charge in [0.25, 0.3) is 5.91 Å². The van der Waals surface area contributed by atoms with Gasteiger partial charge in [0, 0.05) is 37.6 Å². The summed E-state index contributed by atoms with van der Waals surface area (Å²) in [5, 5.41) is 5.98. The number of benzene rings is 3. The minimum Gasteiger partial charge on any atom is -0.367 e. The summed E-state index contributed by atoms with van der Waals surface area (Å²) in [7, 11) is 0. The van der Waals surface area contributed by atoms with Crippen molar-refractivity contribution in [1.29, 1.82) is 0 Å². The second kappa shape index (κ2) is 13.7. The molecule has 38 heavy (non-hydrogen) atoms. The largest absolute Gasteiger partial charge is 0.367 e. The highest BCUT2D eigenvalue weighted by atomic mass is 16.5. The summed E-state index contributed by atoms with van der Waals surface area (Å²) in [6, 6.07) is 23.8. The molecule has 0 aromatic heterocycles. The summed E-state index contributed by atoms with van der Waals surface area (Å²) in [4.78, 5) is 30.5. The van der Waals surface area contributed by atoms with Crippen LogP contribution in [0.4, 0.5) is 11.4 Å². The molecule has 0 bridgehead atoms. The molecule has 0 spiro atoms. The molecule has 3 aromatic rings. The number of nitrogens with one attached hydrogen (secondary N) is 2. The van der Waals surface area contributed by atoms with Gasteiger partial charge < -0.3 is 25.2 Å². The van der Waals surface area contributed by atoms with E-state index in [9.17, 15) is 9.59 Å². The first-order valence-corrected chi connectivity index (χ1v) is 13.4. The highest BCUT2D eigenvalue weighted by Gasteiger charge is 2.22. The maximum absolute atomic E-state index is 13.4. The fourth-order valence-corrected chi connectivity index (χ4v) is 4.77. The number of carbonyl (C=O) groups excluding carboxylic acids is 2. The zero-order chi connectivity index (χ0) is 26.7. The van der Waals surface area contributed by atoms with E-state index in [1.165, 1.54) is 11.1 Å². The van der Waals surface area contributed by atoms with E-state index in [1.807, 2.05) is 42.5 Å². The van der Waals surface area contributed by atoms with Gasteiger partial charge in [0.15, 0.2) is 0 Å². The molecule has 0 saturated heterocycles. The van der Waals surface area contributed by atoms with Crippen LogP contribution in [0.1, 0.15) is 40.9 Å². The van der Waals surface area contributed by atoms with Crippen molar-refractivity contribution in [3.8, 4) is 0 Å². The molecular formula is C31H38N4O3. The molecule has 0 unspecified atom stereocenters. The zero-order valence-electron chi connectivity index (χ0n) is 22.4. The van der Waals surface area contributed by atoms with Crippen molar-refractivity contribution in [3.63, 3.8) is 0 Å². The first-order chi connectivity index (χ1) is 18.6. The van der Waals surface area contributed by atoms with E-state index in [1.54, 1.807) is 6.07 Å². The highest BCUT2D eigenvalue weighted by Crippen LogP contribution is 2.29. The lowest BCUT2D eigenvalue weighted by atomic mass is 9.98. The van der Waals surface area contributed by atoms with Crippen molar-refractivity contribution in [2.24, 2.45) is 0 Å². The summed E-state index contributed by atoms with van der Waals surface area (Å²) < 4.78 is 5.58. The van der Waals surface area contributed by atoms with E-state index >= 15 is 0 Å². The average Bonchev–Trinajstić information content (AvgIpc) is 2.95. The Morgan fingerprint density at radius 3 is 2.45 bits per heavy atom. The van der Waals surface area contributed by atoms with E-state index < -0.39 is 0 Å². The topological polar surface area (TPSA) is 73.9 Å². The van der Waals surface area contributed by atoms with Crippen molar-refractivity contribution in [1.82, 2.24) is 10.2 Å². The van der Waals surface area contributed by atoms with Crippen LogP contribution in [0, 0.1) is 0 Å². The van der Waals surface area contributed by atoms with Gasteiger partial charge >= 0.3 is 0 Å². The number of hydrogen-bond acceptors (Lipinski definition) is 5. The summed E-state index contributed by atoms with van der Waals surface area (Å²) in [6.45, 7) is 9.35. The molecule has 1 heterocycles. The number of fused-ring (bicyclic) bond motifs is 1. The van der Waals surface area contributed by atoms with Gasteiger partial charge in [0.2, 0.25) is 5.91 Å². The van der Waals surface area contributed by atoms with Gasteiger partial charge in [-0.05, 0) is 54.4 Å². The summed E-state index contributed by atoms with van der Waals surface area (Å²) in [6.07, 6.45) is 0.927. The van der Waals surface area contributed by atoms with Crippen molar-refractivity contribution < 1.29 is 14.3 Å². The number of rotatable bonds is 12. The molecule has 0 atom stereocenters. The van der Waals surface area contributed by atoms with Gasteiger partial charge in [0.05, 0.1) is 12.2 Å². The molecule has 7 nitrogen and oxygen atoms in total. The lowest BCUT2D eigenvalue weighted by Crippen LogP contribution is -2.36. The molecule has 7 heteroatoms. The Morgan fingerprint density at radius 2 is 1.68 bits per heavy atom. The number of nitrogens with zero attached hydrogens (tertiary/aromatic N) is 2. The molecule has 1 aliphatic heterocycles. The lowest BCUT2D eigenvalue weighted by Gasteiger charge is -2.32. The van der Waals surface area contributed by atoms with E-state index in [0.717, 1.165) is 50.4 Å². The smallest absolute Gasteiger partial charge is 0.253 e. The van der Waals surface area contributed by atoms with Crippen LogP contribution in [0.2, 0.25) is 0 Å². The Kier molecular flexibility index (Phi) is 9.90. The molecule has 3 aromatic carbocycles. The molecular weight excluding hydrogens is 476 g/mol. The normalized spacial score (nSPS) is 12.8. The minimum absolute atomic E-state index is 0.0645. The third kappa shape index (κ3) is 7.43. The number of ether oxygens (including phenoxy) is 1. The standard InChI is InChI=1S/C31H38N4O3/c1-3-34(4-2)19-17-32-31(37)28-20-27(33-30(36)23-38-22-24-10-6-5-7-11-24)14-15-29(28)35-18-16-25-12-8-9-13-26(25)21-35/h5-15,20H,3-4,16-19,21-23H2,1-2H3,(H,32,37)(H,33,36). The van der Waals surface area contributed by atoms with Crippen molar-refractivity contribution in [3.05, 3.63) is 95.1 Å². The quantitative estimate of drug-likeness (QED) is 0.373. The van der Waals surface area contributed by atoms with Gasteiger partial charge in [-0.3, -0.25) is 9.59 Å². The second-order valence-corrected chi connectivity index (χ2v) is 9.48. The van der Waals surface area contributed by atoms with Crippen molar-refractivity contribution in [2.45, 2.75) is 33.4 Å². The van der Waals surface area contributed by atoms with Crippen LogP contribution in [-0.2, 0) is 29.1 Å². The first kappa shape index (κ1) is 27.4. The number of carbonyl (C=O) groups is 2. The van der Waals surface area contributed by atoms with Crippen LogP contribution in [0.3, 0.4) is 0 Å². The van der Waals surface area contributed by atoms with Crippen LogP contribution in [-0.4, -0.2) is 56.0 Å². The Hall–Kier alpha value is -3.68. The molecule has 2 amide bonds. The Balaban J connectivity index is 1.46. The number of amides is 2. The Bertz CT molecular complexity index is 1210. The monoisotopic (exact) mass is 514 g/mol. The highest BCUT2D eigenvalue weighted by molar-refractivity contribution is 6.02. The first-order valence-electron chi connectivity index (χ1n) is 13.4. The predicted molar refractivity (Wildman–Crippen MR) is 152 cm³/mol. The summed E-state index contributed by atoms with van der Waals surface area (Å²) in [5.41, 5.74) is 5.66. The lowest BCUT2D eigenvalue weighted by molar-refractivity contribution is -0.121. The van der Waals surface area contributed by atoms with Gasteiger partial charge in [-0.15, -0.1) is 0 Å². The summed E-state index contributed by atoms with van der Waals surface area (Å²) in [5.74, 6) is -0.393. The maximum atomic E-state index is 13.4. The third-order valence-corrected chi connectivity index (χ3v) is 6.95. The SMILES string of the molecule is CCN(CC)CCNC(=O)c1cc(NC(=O)COCc2ccccc2)ccc1N1CCc2ccccc2C1. The van der Waals surface area contributed by atoms with E-state index in [2.05, 4.69) is 58.5 Å². The molecule has 0 radical (unpaired) electrons. The predicted octanol–water partition coefficient (Wildman–Crippen LogP) is 4.48. The van der Waals surface area contributed by atoms with E-state index in [-0.39, 0.29) is 18.4 Å². The van der Waals surface area contributed by atoms with Crippen LogP contribution < -0.4 is 15.5 Å². The summed E-state index contributed by atoms with van der Waals surface area (Å²) >= 11 is 0. The van der Waals surface area contributed by atoms with Crippen LogP contribution in [0.5, 0.6) is 0 Å². The fourth-order valence-electron chi connectivity index (χ4n) is 4.77. The third-order valence-electron chi connectivity index (χ3n) is 6.95. The van der Waals surface area contributed by atoms with Crippen LogP contribution in [0.15, 0.2) is 72.8 Å². The molecule has 2 N–H and O–H groups in total. The molecule has 200 valence electrons. The Morgan fingerprint density at radius 1 is 0.947 bits per heavy atom. The van der Waals surface area contributed by atoms with Crippen LogP contribution >= 0.6 is 0 Å². The number of hydrogen-bond donors (Lipinski definition) is 2. The Labute approximate surface area is 225 Å². The molecule has 0 aliphatic carbocycles. The van der Waals surface area contributed by atoms with Crippen LogP contribution in [0.25, 0.3) is 0 Å². The fraction of sp³-hybridized carbons (Fsp3) is 0.355. The van der Waals surface area contributed by atoms with Crippen molar-refractivity contribution in [2.75, 3.05) is 49.5 Å². The minimum atomic E-state index is -0.256. The van der Waals surface area contributed by atoms with E-state index in [4.69, 9.17) is 4.74 Å². The number of likely N-dealkylation sites (N-methyl/N-ethyl adjacent to an activating group) is 1. The van der Waals surface area contributed by atoms with Gasteiger partial charge in [-0.1, -0.05) is 68.4 Å². The number of anilines is 2. The average molecular weight is 515 g/mol. The second-order valence-electron chi connectivity index (χ2n) is 9.48. The molecule has 0 saturated carbocycles. The molecule has 0 fully saturated rings. The molecule has 4 rings (SSSR count). The van der Waals surface area contributed by atoms with Crippen molar-refractivity contribution >= 4 is 23.2 Å². The zero-order valence-corrected chi connectivity index (χ0v) is 22.4. The van der Waals surface area contributed by atoms with Gasteiger partial charge in [-0.25, -0.2) is 0 Å².